The molecular weight excluding hydrogens is 296 g/mol. The molecule has 0 N–H and O–H groups in total. The highest BCUT2D eigenvalue weighted by molar-refractivity contribution is 5.92. The van der Waals surface area contributed by atoms with Crippen LogP contribution in [-0.2, 0) is 4.79 Å². The van der Waals surface area contributed by atoms with Gasteiger partial charge in [-0.15, -0.1) is 0 Å². The summed E-state index contributed by atoms with van der Waals surface area (Å²) in [5.41, 5.74) is 2.38. The van der Waals surface area contributed by atoms with Gasteiger partial charge in [0.05, 0.1) is 0 Å². The van der Waals surface area contributed by atoms with Crippen molar-refractivity contribution in [3.8, 4) is 0 Å². The highest BCUT2D eigenvalue weighted by Gasteiger charge is 2.29. The molecule has 1 aliphatic rings. The number of nitrogens with zero attached hydrogens (tertiary/aromatic N) is 2. The molecule has 0 bridgehead atoms. The molecule has 2 aromatic carbocycles. The number of likely N-dealkylation sites (tertiary alicyclic amines) is 1. The highest BCUT2D eigenvalue weighted by atomic mass is 16.2. The maximum absolute atomic E-state index is 12.2. The van der Waals surface area contributed by atoms with E-state index in [0.717, 1.165) is 31.6 Å². The van der Waals surface area contributed by atoms with Crippen molar-refractivity contribution in [3.05, 3.63) is 66.2 Å². The molecule has 126 valence electrons. The van der Waals surface area contributed by atoms with Crippen LogP contribution in [0.5, 0.6) is 0 Å². The SMILES string of the molecule is CC(=O)N(c1ccccc1)C1CCN(C(C)c2ccccc2)CC1. The second-order valence-electron chi connectivity index (χ2n) is 6.58. The largest absolute Gasteiger partial charge is 0.310 e. The number of rotatable bonds is 4. The zero-order valence-corrected chi connectivity index (χ0v) is 14.6. The Morgan fingerprint density at radius 2 is 1.54 bits per heavy atom. The molecule has 3 nitrogen and oxygen atoms in total. The molecule has 0 saturated carbocycles. The van der Waals surface area contributed by atoms with Gasteiger partial charge in [-0.1, -0.05) is 48.5 Å². The summed E-state index contributed by atoms with van der Waals surface area (Å²) < 4.78 is 0. The topological polar surface area (TPSA) is 23.6 Å². The van der Waals surface area contributed by atoms with Gasteiger partial charge in [-0.05, 0) is 37.5 Å². The summed E-state index contributed by atoms with van der Waals surface area (Å²) in [5.74, 6) is 0.135. The number of carbonyl (C=O) groups excluding carboxylic acids is 1. The Morgan fingerprint density at radius 1 is 1.00 bits per heavy atom. The van der Waals surface area contributed by atoms with Gasteiger partial charge in [0.2, 0.25) is 5.91 Å². The molecule has 1 saturated heterocycles. The number of amides is 1. The molecule has 1 aliphatic heterocycles. The molecule has 2 aromatic rings. The summed E-state index contributed by atoms with van der Waals surface area (Å²) in [7, 11) is 0. The van der Waals surface area contributed by atoms with Gasteiger partial charge < -0.3 is 4.90 Å². The molecule has 0 spiro atoms. The van der Waals surface area contributed by atoms with Gasteiger partial charge >= 0.3 is 0 Å². The van der Waals surface area contributed by atoms with Crippen molar-refractivity contribution in [2.45, 2.75) is 38.8 Å². The minimum atomic E-state index is 0.135. The Labute approximate surface area is 144 Å². The summed E-state index contributed by atoms with van der Waals surface area (Å²) >= 11 is 0. The quantitative estimate of drug-likeness (QED) is 0.839. The van der Waals surface area contributed by atoms with Crippen LogP contribution in [-0.4, -0.2) is 29.9 Å². The van der Waals surface area contributed by atoms with Crippen LogP contribution in [0.4, 0.5) is 5.69 Å². The molecule has 1 fully saturated rings. The van der Waals surface area contributed by atoms with Crippen molar-refractivity contribution in [1.29, 1.82) is 0 Å². The lowest BCUT2D eigenvalue weighted by Crippen LogP contribution is -2.47. The number of carbonyl (C=O) groups is 1. The van der Waals surface area contributed by atoms with Gasteiger partial charge in [0.25, 0.3) is 0 Å². The number of hydrogen-bond acceptors (Lipinski definition) is 2. The van der Waals surface area contributed by atoms with Crippen LogP contribution in [0.2, 0.25) is 0 Å². The van der Waals surface area contributed by atoms with Crippen molar-refractivity contribution < 1.29 is 4.79 Å². The van der Waals surface area contributed by atoms with E-state index in [4.69, 9.17) is 0 Å². The first kappa shape index (κ1) is 16.7. The van der Waals surface area contributed by atoms with Crippen LogP contribution in [0.3, 0.4) is 0 Å². The van der Waals surface area contributed by atoms with E-state index in [1.807, 2.05) is 35.2 Å². The number of para-hydroxylation sites is 1. The minimum Gasteiger partial charge on any atom is -0.310 e. The third-order valence-corrected chi connectivity index (χ3v) is 5.07. The lowest BCUT2D eigenvalue weighted by atomic mass is 9.98. The van der Waals surface area contributed by atoms with Gasteiger partial charge in [-0.25, -0.2) is 0 Å². The fourth-order valence-corrected chi connectivity index (χ4v) is 3.71. The maximum atomic E-state index is 12.2. The molecule has 0 radical (unpaired) electrons. The van der Waals surface area contributed by atoms with Crippen LogP contribution in [0, 0.1) is 0 Å². The Kier molecular flexibility index (Phi) is 5.31. The molecule has 1 heterocycles. The molecule has 3 heteroatoms. The zero-order chi connectivity index (χ0) is 16.9. The lowest BCUT2D eigenvalue weighted by Gasteiger charge is -2.40. The van der Waals surface area contributed by atoms with Crippen molar-refractivity contribution in [2.75, 3.05) is 18.0 Å². The fraction of sp³-hybridized carbons (Fsp3) is 0.381. The first-order valence-corrected chi connectivity index (χ1v) is 8.80. The van der Waals surface area contributed by atoms with Gasteiger partial charge in [-0.2, -0.15) is 0 Å². The van der Waals surface area contributed by atoms with Crippen LogP contribution < -0.4 is 4.90 Å². The van der Waals surface area contributed by atoms with Crippen molar-refractivity contribution in [3.63, 3.8) is 0 Å². The number of hydrogen-bond donors (Lipinski definition) is 0. The van der Waals surface area contributed by atoms with Crippen molar-refractivity contribution in [1.82, 2.24) is 4.90 Å². The molecule has 0 aromatic heterocycles. The van der Waals surface area contributed by atoms with Crippen LogP contribution in [0.15, 0.2) is 60.7 Å². The summed E-state index contributed by atoms with van der Waals surface area (Å²) in [6, 6.07) is 21.4. The molecule has 24 heavy (non-hydrogen) atoms. The van der Waals surface area contributed by atoms with Crippen molar-refractivity contribution in [2.24, 2.45) is 0 Å². The van der Waals surface area contributed by atoms with Crippen LogP contribution in [0.1, 0.15) is 38.3 Å². The van der Waals surface area contributed by atoms with E-state index in [9.17, 15) is 4.79 Å². The fourth-order valence-electron chi connectivity index (χ4n) is 3.71. The molecule has 1 atom stereocenters. The van der Waals surface area contributed by atoms with E-state index >= 15 is 0 Å². The first-order chi connectivity index (χ1) is 11.7. The average molecular weight is 322 g/mol. The summed E-state index contributed by atoms with van der Waals surface area (Å²) in [4.78, 5) is 16.7. The predicted octanol–water partition coefficient (Wildman–Crippen LogP) is 4.27. The Balaban J connectivity index is 1.66. The summed E-state index contributed by atoms with van der Waals surface area (Å²) in [5, 5.41) is 0. The number of benzene rings is 2. The monoisotopic (exact) mass is 322 g/mol. The number of piperidine rings is 1. The first-order valence-electron chi connectivity index (χ1n) is 8.80. The van der Waals surface area contributed by atoms with E-state index in [2.05, 4.69) is 42.2 Å². The smallest absolute Gasteiger partial charge is 0.224 e. The standard InChI is InChI=1S/C21H26N2O/c1-17(19-9-5-3-6-10-19)22-15-13-21(14-16-22)23(18(2)24)20-11-7-4-8-12-20/h3-12,17,21H,13-16H2,1-2H3. The minimum absolute atomic E-state index is 0.135. The van der Waals surface area contributed by atoms with E-state index in [1.165, 1.54) is 5.56 Å². The molecular formula is C21H26N2O. The Hall–Kier alpha value is -2.13. The third-order valence-electron chi connectivity index (χ3n) is 5.07. The maximum Gasteiger partial charge on any atom is 0.224 e. The second kappa shape index (κ2) is 7.63. The molecule has 1 amide bonds. The molecule has 3 rings (SSSR count). The van der Waals surface area contributed by atoms with Gasteiger partial charge in [0, 0.05) is 37.8 Å². The lowest BCUT2D eigenvalue weighted by molar-refractivity contribution is -0.117. The van der Waals surface area contributed by atoms with Gasteiger partial charge in [-0.3, -0.25) is 9.69 Å². The van der Waals surface area contributed by atoms with E-state index < -0.39 is 0 Å². The van der Waals surface area contributed by atoms with Crippen molar-refractivity contribution >= 4 is 11.6 Å². The second-order valence-corrected chi connectivity index (χ2v) is 6.58. The third kappa shape index (κ3) is 3.68. The Bertz CT molecular complexity index is 648. The van der Waals surface area contributed by atoms with E-state index in [0.29, 0.717) is 12.1 Å². The molecule has 1 unspecified atom stereocenters. The number of anilines is 1. The van der Waals surface area contributed by atoms with Gasteiger partial charge in [0.15, 0.2) is 0 Å². The average Bonchev–Trinajstić information content (AvgIpc) is 2.63. The summed E-state index contributed by atoms with van der Waals surface area (Å²) in [6.07, 6.45) is 2.04. The predicted molar refractivity (Wildman–Crippen MR) is 99.1 cm³/mol. The van der Waals surface area contributed by atoms with E-state index in [1.54, 1.807) is 6.92 Å². The van der Waals surface area contributed by atoms with E-state index in [-0.39, 0.29) is 5.91 Å². The molecule has 0 aliphatic carbocycles. The highest BCUT2D eigenvalue weighted by Crippen LogP contribution is 2.28. The normalized spacial score (nSPS) is 17.4. The summed E-state index contributed by atoms with van der Waals surface area (Å²) in [6.45, 7) is 6.00. The zero-order valence-electron chi connectivity index (χ0n) is 14.6. The van der Waals surface area contributed by atoms with Crippen LogP contribution >= 0.6 is 0 Å². The van der Waals surface area contributed by atoms with Gasteiger partial charge in [0.1, 0.15) is 0 Å². The Morgan fingerprint density at radius 3 is 2.08 bits per heavy atom. The van der Waals surface area contributed by atoms with Crippen LogP contribution in [0.25, 0.3) is 0 Å².